The second-order valence-corrected chi connectivity index (χ2v) is 6.91. The maximum absolute atomic E-state index is 11.9. The van der Waals surface area contributed by atoms with Crippen molar-refractivity contribution in [3.63, 3.8) is 0 Å². The summed E-state index contributed by atoms with van der Waals surface area (Å²) in [6.45, 7) is 4.61. The van der Waals surface area contributed by atoms with Gasteiger partial charge in [0.25, 0.3) is 0 Å². The van der Waals surface area contributed by atoms with Gasteiger partial charge in [0.1, 0.15) is 6.04 Å². The maximum Gasteiger partial charge on any atom is 0.323 e. The van der Waals surface area contributed by atoms with Crippen molar-refractivity contribution in [3.8, 4) is 0 Å². The standard InChI is InChI=1S/C20H41NO2.ClH/c1-5-7-8-9-10-11-12-13-14-15-16-17-18-19(21(3)4)20(22)23-6-2;/h19H,5-18H2,1-4H3;1H. The monoisotopic (exact) mass is 363 g/mol. The highest BCUT2D eigenvalue weighted by atomic mass is 35.5. The molecule has 0 heterocycles. The topological polar surface area (TPSA) is 29.5 Å². The Bertz CT molecular complexity index is 272. The molecule has 0 fully saturated rings. The fraction of sp³-hybridized carbons (Fsp3) is 0.950. The molecule has 146 valence electrons. The van der Waals surface area contributed by atoms with Gasteiger partial charge in [-0.3, -0.25) is 9.69 Å². The summed E-state index contributed by atoms with van der Waals surface area (Å²) >= 11 is 0. The SMILES string of the molecule is CCCCCCCCCCCCCCC(C(=O)OCC)N(C)C.Cl. The van der Waals surface area contributed by atoms with Crippen LogP contribution >= 0.6 is 12.4 Å². The van der Waals surface area contributed by atoms with Gasteiger partial charge in [0.05, 0.1) is 6.61 Å². The van der Waals surface area contributed by atoms with Gasteiger partial charge >= 0.3 is 5.97 Å². The molecule has 1 atom stereocenters. The first-order valence-electron chi connectivity index (χ1n) is 9.96. The molecule has 0 radical (unpaired) electrons. The summed E-state index contributed by atoms with van der Waals surface area (Å²) in [5.74, 6) is -0.0689. The second kappa shape index (κ2) is 19.1. The third-order valence-electron chi connectivity index (χ3n) is 4.51. The molecule has 0 saturated carbocycles. The molecule has 0 aliphatic carbocycles. The molecule has 0 spiro atoms. The zero-order valence-corrected chi connectivity index (χ0v) is 17.5. The molecule has 3 nitrogen and oxygen atoms in total. The zero-order valence-electron chi connectivity index (χ0n) is 16.6. The zero-order chi connectivity index (χ0) is 17.3. The van der Waals surface area contributed by atoms with E-state index in [0.29, 0.717) is 6.61 Å². The Kier molecular flexibility index (Phi) is 20.6. The summed E-state index contributed by atoms with van der Waals surface area (Å²) in [5, 5.41) is 0. The minimum absolute atomic E-state index is 0. The van der Waals surface area contributed by atoms with Crippen LogP contribution in [0.15, 0.2) is 0 Å². The minimum atomic E-state index is -0.0712. The van der Waals surface area contributed by atoms with Gasteiger partial charge in [0.2, 0.25) is 0 Å². The van der Waals surface area contributed by atoms with Gasteiger partial charge < -0.3 is 4.74 Å². The molecule has 0 saturated heterocycles. The Hall–Kier alpha value is -0.280. The number of carbonyl (C=O) groups is 1. The maximum atomic E-state index is 11.9. The fourth-order valence-electron chi connectivity index (χ4n) is 3.00. The fourth-order valence-corrected chi connectivity index (χ4v) is 3.00. The van der Waals surface area contributed by atoms with E-state index in [1.54, 1.807) is 0 Å². The lowest BCUT2D eigenvalue weighted by Crippen LogP contribution is -2.37. The van der Waals surface area contributed by atoms with Crippen LogP contribution in [0.1, 0.15) is 97.3 Å². The van der Waals surface area contributed by atoms with Crippen molar-refractivity contribution in [1.29, 1.82) is 0 Å². The van der Waals surface area contributed by atoms with E-state index in [1.165, 1.54) is 70.6 Å². The number of unbranched alkanes of at least 4 members (excludes halogenated alkanes) is 11. The number of nitrogens with zero attached hydrogens (tertiary/aromatic N) is 1. The average molecular weight is 364 g/mol. The van der Waals surface area contributed by atoms with Crippen LogP contribution in [-0.4, -0.2) is 37.6 Å². The van der Waals surface area contributed by atoms with Gasteiger partial charge in [-0.15, -0.1) is 12.4 Å². The number of carbonyl (C=O) groups excluding carboxylic acids is 1. The quantitative estimate of drug-likeness (QED) is 0.249. The molecule has 0 aliphatic heterocycles. The molecular weight excluding hydrogens is 322 g/mol. The lowest BCUT2D eigenvalue weighted by Gasteiger charge is -2.22. The molecule has 4 heteroatoms. The Labute approximate surface area is 157 Å². The molecule has 24 heavy (non-hydrogen) atoms. The Morgan fingerprint density at radius 1 is 0.792 bits per heavy atom. The Morgan fingerprint density at radius 2 is 1.21 bits per heavy atom. The highest BCUT2D eigenvalue weighted by molar-refractivity contribution is 5.85. The van der Waals surface area contributed by atoms with Crippen LogP contribution in [0.5, 0.6) is 0 Å². The Morgan fingerprint density at radius 3 is 1.58 bits per heavy atom. The summed E-state index contributed by atoms with van der Waals surface area (Å²) < 4.78 is 5.14. The van der Waals surface area contributed by atoms with E-state index in [1.807, 2.05) is 25.9 Å². The molecule has 0 aromatic rings. The number of rotatable bonds is 16. The third-order valence-corrected chi connectivity index (χ3v) is 4.51. The van der Waals surface area contributed by atoms with Gasteiger partial charge in [-0.2, -0.15) is 0 Å². The molecule has 0 aromatic heterocycles. The minimum Gasteiger partial charge on any atom is -0.465 e. The number of ether oxygens (including phenoxy) is 1. The summed E-state index contributed by atoms with van der Waals surface area (Å²) in [5.41, 5.74) is 0. The lowest BCUT2D eigenvalue weighted by atomic mass is 10.0. The van der Waals surface area contributed by atoms with E-state index in [2.05, 4.69) is 6.92 Å². The largest absolute Gasteiger partial charge is 0.465 e. The van der Waals surface area contributed by atoms with Crippen LogP contribution in [0.25, 0.3) is 0 Å². The van der Waals surface area contributed by atoms with E-state index < -0.39 is 0 Å². The predicted octanol–water partition coefficient (Wildman–Crippen LogP) is 5.99. The second-order valence-electron chi connectivity index (χ2n) is 6.91. The number of likely N-dealkylation sites (N-methyl/N-ethyl adjacent to an activating group) is 1. The van der Waals surface area contributed by atoms with Crippen molar-refractivity contribution in [2.75, 3.05) is 20.7 Å². The van der Waals surface area contributed by atoms with Crippen LogP contribution in [0.4, 0.5) is 0 Å². The van der Waals surface area contributed by atoms with Crippen molar-refractivity contribution >= 4 is 18.4 Å². The Balaban J connectivity index is 0. The van der Waals surface area contributed by atoms with Crippen LogP contribution in [0.3, 0.4) is 0 Å². The van der Waals surface area contributed by atoms with Gasteiger partial charge in [-0.05, 0) is 27.4 Å². The molecule has 1 unspecified atom stereocenters. The van der Waals surface area contributed by atoms with Gasteiger partial charge in [-0.1, -0.05) is 84.0 Å². The van der Waals surface area contributed by atoms with Crippen LogP contribution < -0.4 is 0 Å². The van der Waals surface area contributed by atoms with E-state index in [4.69, 9.17) is 4.74 Å². The predicted molar refractivity (Wildman–Crippen MR) is 107 cm³/mol. The normalized spacial score (nSPS) is 12.0. The summed E-state index contributed by atoms with van der Waals surface area (Å²) in [7, 11) is 3.92. The van der Waals surface area contributed by atoms with Crippen molar-refractivity contribution in [1.82, 2.24) is 4.90 Å². The van der Waals surface area contributed by atoms with Crippen molar-refractivity contribution in [3.05, 3.63) is 0 Å². The summed E-state index contributed by atoms with van der Waals surface area (Å²) in [6, 6.07) is -0.0712. The molecular formula is C20H42ClNO2. The first-order chi connectivity index (χ1) is 11.1. The lowest BCUT2D eigenvalue weighted by molar-refractivity contribution is -0.148. The van der Waals surface area contributed by atoms with Crippen molar-refractivity contribution in [2.45, 2.75) is 103 Å². The third kappa shape index (κ3) is 15.3. The first-order valence-corrected chi connectivity index (χ1v) is 9.96. The van der Waals surface area contributed by atoms with Crippen molar-refractivity contribution in [2.24, 2.45) is 0 Å². The summed E-state index contributed by atoms with van der Waals surface area (Å²) in [4.78, 5) is 13.8. The van der Waals surface area contributed by atoms with Crippen LogP contribution in [-0.2, 0) is 9.53 Å². The number of esters is 1. The average Bonchev–Trinajstić information content (AvgIpc) is 2.51. The summed E-state index contributed by atoms with van der Waals surface area (Å²) in [6.07, 6.45) is 17.1. The van der Waals surface area contributed by atoms with Crippen LogP contribution in [0.2, 0.25) is 0 Å². The molecule has 0 rings (SSSR count). The van der Waals surface area contributed by atoms with E-state index in [-0.39, 0.29) is 24.4 Å². The number of hydrogen-bond donors (Lipinski definition) is 0. The van der Waals surface area contributed by atoms with E-state index in [0.717, 1.165) is 12.8 Å². The van der Waals surface area contributed by atoms with Gasteiger partial charge in [0.15, 0.2) is 0 Å². The highest BCUT2D eigenvalue weighted by Gasteiger charge is 2.21. The molecule has 0 aliphatic rings. The molecule has 0 N–H and O–H groups in total. The van der Waals surface area contributed by atoms with Gasteiger partial charge in [0, 0.05) is 0 Å². The van der Waals surface area contributed by atoms with Gasteiger partial charge in [-0.25, -0.2) is 0 Å². The van der Waals surface area contributed by atoms with E-state index in [9.17, 15) is 4.79 Å². The first kappa shape index (κ1) is 26.0. The smallest absolute Gasteiger partial charge is 0.323 e. The number of halogens is 1. The number of hydrogen-bond acceptors (Lipinski definition) is 3. The highest BCUT2D eigenvalue weighted by Crippen LogP contribution is 2.14. The molecule has 0 bridgehead atoms. The van der Waals surface area contributed by atoms with E-state index >= 15 is 0 Å². The van der Waals surface area contributed by atoms with Crippen molar-refractivity contribution < 1.29 is 9.53 Å². The van der Waals surface area contributed by atoms with Crippen LogP contribution in [0, 0.1) is 0 Å². The molecule has 0 amide bonds. The molecule has 0 aromatic carbocycles.